The maximum absolute atomic E-state index is 11.4. The van der Waals surface area contributed by atoms with Crippen LogP contribution < -0.4 is 14.8 Å². The normalized spacial score (nSPS) is 13.3. The van der Waals surface area contributed by atoms with Gasteiger partial charge in [0.1, 0.15) is 19.3 Å². The standard InChI is InChI=1S/C20H33NO4/c1-5-7-8-16(6-2)12-21-13-18(23)14-25-19-10-9-17(15(3)22)11-20(19)24-4/h9-11,16,18,21,23H,5-8,12-14H2,1-4H3/p+1/t16-,18+/m0/s1. The number of ketones is 1. The number of benzene rings is 1. The molecule has 25 heavy (non-hydrogen) atoms. The highest BCUT2D eigenvalue weighted by atomic mass is 16.5. The molecular weight excluding hydrogens is 318 g/mol. The minimum absolute atomic E-state index is 0.0203. The van der Waals surface area contributed by atoms with Gasteiger partial charge in [-0.2, -0.15) is 0 Å². The Morgan fingerprint density at radius 3 is 2.60 bits per heavy atom. The number of quaternary nitrogens is 1. The molecule has 0 saturated carbocycles. The number of aliphatic hydroxyl groups is 1. The second-order valence-corrected chi connectivity index (χ2v) is 6.56. The molecule has 0 radical (unpaired) electrons. The van der Waals surface area contributed by atoms with Crippen molar-refractivity contribution in [1.82, 2.24) is 0 Å². The lowest BCUT2D eigenvalue weighted by Gasteiger charge is -2.16. The first-order valence-corrected chi connectivity index (χ1v) is 9.33. The van der Waals surface area contributed by atoms with Crippen molar-refractivity contribution in [2.45, 2.75) is 52.6 Å². The Morgan fingerprint density at radius 2 is 2.00 bits per heavy atom. The summed E-state index contributed by atoms with van der Waals surface area (Å²) in [7, 11) is 1.54. The second-order valence-electron chi connectivity index (χ2n) is 6.56. The van der Waals surface area contributed by atoms with Crippen molar-refractivity contribution in [2.75, 3.05) is 26.8 Å². The summed E-state index contributed by atoms with van der Waals surface area (Å²) in [6.07, 6.45) is 4.41. The molecule has 0 amide bonds. The van der Waals surface area contributed by atoms with Crippen LogP contribution >= 0.6 is 0 Å². The lowest BCUT2D eigenvalue weighted by molar-refractivity contribution is -0.666. The van der Waals surface area contributed by atoms with Crippen LogP contribution in [0.15, 0.2) is 18.2 Å². The van der Waals surface area contributed by atoms with E-state index < -0.39 is 6.10 Å². The fourth-order valence-electron chi connectivity index (χ4n) is 2.77. The number of ether oxygens (including phenoxy) is 2. The van der Waals surface area contributed by atoms with E-state index in [1.807, 2.05) is 0 Å². The quantitative estimate of drug-likeness (QED) is 0.535. The van der Waals surface area contributed by atoms with Gasteiger partial charge in [0.15, 0.2) is 17.3 Å². The second kappa shape index (κ2) is 11.9. The number of carbonyl (C=O) groups is 1. The van der Waals surface area contributed by atoms with Gasteiger partial charge in [0.25, 0.3) is 0 Å². The number of aliphatic hydroxyl groups excluding tert-OH is 1. The Balaban J connectivity index is 2.40. The Labute approximate surface area is 151 Å². The van der Waals surface area contributed by atoms with Crippen LogP contribution in [0.5, 0.6) is 11.5 Å². The number of Topliss-reactive ketones (excluding diaryl/α,β-unsaturated/α-hetero) is 1. The number of rotatable bonds is 13. The lowest BCUT2D eigenvalue weighted by Crippen LogP contribution is -2.87. The molecule has 0 aliphatic carbocycles. The van der Waals surface area contributed by atoms with Gasteiger partial charge >= 0.3 is 0 Å². The van der Waals surface area contributed by atoms with Crippen LogP contribution in [0.3, 0.4) is 0 Å². The molecular formula is C20H34NO4+. The molecule has 1 aromatic carbocycles. The fourth-order valence-corrected chi connectivity index (χ4v) is 2.77. The molecule has 0 heterocycles. The zero-order chi connectivity index (χ0) is 18.7. The number of hydrogen-bond acceptors (Lipinski definition) is 4. The van der Waals surface area contributed by atoms with E-state index in [2.05, 4.69) is 19.2 Å². The highest BCUT2D eigenvalue weighted by Gasteiger charge is 2.14. The number of hydrogen-bond donors (Lipinski definition) is 2. The molecule has 0 aliphatic heterocycles. The smallest absolute Gasteiger partial charge is 0.161 e. The Hall–Kier alpha value is -1.59. The van der Waals surface area contributed by atoms with Crippen LogP contribution in [-0.4, -0.2) is 43.8 Å². The molecule has 0 aromatic heterocycles. The van der Waals surface area contributed by atoms with Gasteiger partial charge in [0.2, 0.25) is 0 Å². The van der Waals surface area contributed by atoms with Gasteiger partial charge in [-0.25, -0.2) is 0 Å². The largest absolute Gasteiger partial charge is 0.493 e. The molecule has 1 rings (SSSR count). The maximum atomic E-state index is 11.4. The molecule has 0 fully saturated rings. The van der Waals surface area contributed by atoms with Gasteiger partial charge in [0, 0.05) is 11.5 Å². The Kier molecular flexibility index (Phi) is 10.2. The molecule has 5 nitrogen and oxygen atoms in total. The molecule has 3 N–H and O–H groups in total. The van der Waals surface area contributed by atoms with Crippen molar-refractivity contribution in [3.05, 3.63) is 23.8 Å². The third kappa shape index (κ3) is 7.88. The molecule has 142 valence electrons. The summed E-state index contributed by atoms with van der Waals surface area (Å²) >= 11 is 0. The van der Waals surface area contributed by atoms with Crippen LogP contribution in [0.4, 0.5) is 0 Å². The van der Waals surface area contributed by atoms with Gasteiger partial charge in [0.05, 0.1) is 13.7 Å². The van der Waals surface area contributed by atoms with Gasteiger partial charge < -0.3 is 19.9 Å². The molecule has 0 spiro atoms. The summed E-state index contributed by atoms with van der Waals surface area (Å²) in [6, 6.07) is 5.08. The molecule has 5 heteroatoms. The molecule has 0 bridgehead atoms. The monoisotopic (exact) mass is 352 g/mol. The van der Waals surface area contributed by atoms with Crippen molar-refractivity contribution in [3.63, 3.8) is 0 Å². The van der Waals surface area contributed by atoms with E-state index >= 15 is 0 Å². The highest BCUT2D eigenvalue weighted by Crippen LogP contribution is 2.28. The number of carbonyl (C=O) groups excluding carboxylic acids is 1. The summed E-state index contributed by atoms with van der Waals surface area (Å²) in [4.78, 5) is 11.4. The van der Waals surface area contributed by atoms with E-state index in [0.717, 1.165) is 6.54 Å². The zero-order valence-electron chi connectivity index (χ0n) is 16.1. The van der Waals surface area contributed by atoms with E-state index in [9.17, 15) is 9.90 Å². The van der Waals surface area contributed by atoms with Crippen molar-refractivity contribution in [3.8, 4) is 11.5 Å². The number of nitrogens with two attached hydrogens (primary N) is 1. The molecule has 1 aromatic rings. The van der Waals surface area contributed by atoms with Gasteiger partial charge in [-0.3, -0.25) is 4.79 Å². The van der Waals surface area contributed by atoms with E-state index in [4.69, 9.17) is 9.47 Å². The first kappa shape index (κ1) is 21.5. The molecule has 0 unspecified atom stereocenters. The van der Waals surface area contributed by atoms with Crippen molar-refractivity contribution >= 4 is 5.78 Å². The Bertz CT molecular complexity index is 518. The summed E-state index contributed by atoms with van der Waals surface area (Å²) in [5.41, 5.74) is 0.579. The van der Waals surface area contributed by atoms with Crippen LogP contribution in [0.2, 0.25) is 0 Å². The van der Waals surface area contributed by atoms with E-state index in [1.165, 1.54) is 39.7 Å². The van der Waals surface area contributed by atoms with Crippen LogP contribution in [-0.2, 0) is 0 Å². The summed E-state index contributed by atoms with van der Waals surface area (Å²) in [6.45, 7) is 7.83. The minimum atomic E-state index is -0.541. The topological polar surface area (TPSA) is 72.4 Å². The maximum Gasteiger partial charge on any atom is 0.161 e. The van der Waals surface area contributed by atoms with Crippen molar-refractivity contribution < 1.29 is 24.7 Å². The first-order chi connectivity index (χ1) is 12.0. The van der Waals surface area contributed by atoms with Gasteiger partial charge in [-0.15, -0.1) is 0 Å². The van der Waals surface area contributed by atoms with Gasteiger partial charge in [-0.05, 0) is 38.0 Å². The van der Waals surface area contributed by atoms with E-state index in [1.54, 1.807) is 18.2 Å². The van der Waals surface area contributed by atoms with Crippen molar-refractivity contribution in [2.24, 2.45) is 5.92 Å². The first-order valence-electron chi connectivity index (χ1n) is 9.33. The summed E-state index contributed by atoms with van der Waals surface area (Å²) in [5, 5.41) is 12.3. The average Bonchev–Trinajstić information content (AvgIpc) is 2.62. The predicted octanol–water partition coefficient (Wildman–Crippen LogP) is 2.42. The SMILES string of the molecule is CCCC[C@H](CC)C[NH2+]C[C@@H](O)COc1ccc(C(C)=O)cc1OC. The number of methoxy groups -OCH3 is 1. The fraction of sp³-hybridized carbons (Fsp3) is 0.650. The predicted molar refractivity (Wildman–Crippen MR) is 99.5 cm³/mol. The molecule has 0 saturated heterocycles. The number of unbranched alkanes of at least 4 members (excludes halogenated alkanes) is 1. The summed E-state index contributed by atoms with van der Waals surface area (Å²) < 4.78 is 10.9. The minimum Gasteiger partial charge on any atom is -0.493 e. The average molecular weight is 352 g/mol. The lowest BCUT2D eigenvalue weighted by atomic mass is 9.99. The van der Waals surface area contributed by atoms with Gasteiger partial charge in [-0.1, -0.05) is 26.7 Å². The van der Waals surface area contributed by atoms with E-state index in [0.29, 0.717) is 29.5 Å². The zero-order valence-corrected chi connectivity index (χ0v) is 16.1. The molecule has 2 atom stereocenters. The third-order valence-corrected chi connectivity index (χ3v) is 4.48. The molecule has 0 aliphatic rings. The van der Waals surface area contributed by atoms with Crippen LogP contribution in [0.1, 0.15) is 56.8 Å². The van der Waals surface area contributed by atoms with Crippen LogP contribution in [0.25, 0.3) is 0 Å². The van der Waals surface area contributed by atoms with Crippen molar-refractivity contribution in [1.29, 1.82) is 0 Å². The summed E-state index contributed by atoms with van der Waals surface area (Å²) in [5.74, 6) is 1.75. The van der Waals surface area contributed by atoms with E-state index in [-0.39, 0.29) is 12.4 Å². The Morgan fingerprint density at radius 1 is 1.24 bits per heavy atom. The van der Waals surface area contributed by atoms with Crippen LogP contribution in [0, 0.1) is 5.92 Å². The third-order valence-electron chi connectivity index (χ3n) is 4.48. The highest BCUT2D eigenvalue weighted by molar-refractivity contribution is 5.94.